The average molecular weight is 414 g/mol. The number of anilines is 2. The third kappa shape index (κ3) is 4.10. The standard InChI is InChI=1S/C25H27N5O/c1-19-6-5-9-22(14-19)28-10-12-29(13-11-28)25(31)21-16-30(17-21)24-15-23(26-18-27-24)20-7-3-2-4-8-20/h2-9,14-15,18,21H,10-13,16-17H2,1H3. The summed E-state index contributed by atoms with van der Waals surface area (Å²) in [6.45, 7) is 6.91. The van der Waals surface area contributed by atoms with Gasteiger partial charge in [-0.25, -0.2) is 9.97 Å². The second-order valence-corrected chi connectivity index (χ2v) is 8.38. The monoisotopic (exact) mass is 413 g/mol. The normalized spacial score (nSPS) is 16.9. The Morgan fingerprint density at radius 1 is 0.871 bits per heavy atom. The van der Waals surface area contributed by atoms with Crippen LogP contribution in [0.3, 0.4) is 0 Å². The van der Waals surface area contributed by atoms with Gasteiger partial charge in [0.2, 0.25) is 5.91 Å². The van der Waals surface area contributed by atoms with Gasteiger partial charge in [0.25, 0.3) is 0 Å². The molecule has 2 aliphatic heterocycles. The molecular weight excluding hydrogens is 386 g/mol. The fourth-order valence-corrected chi connectivity index (χ4v) is 4.38. The summed E-state index contributed by atoms with van der Waals surface area (Å²) >= 11 is 0. The Balaban J connectivity index is 1.16. The molecule has 2 saturated heterocycles. The molecule has 2 aromatic carbocycles. The van der Waals surface area contributed by atoms with Crippen LogP contribution in [-0.4, -0.2) is 60.0 Å². The molecule has 0 spiro atoms. The van der Waals surface area contributed by atoms with E-state index < -0.39 is 0 Å². The van der Waals surface area contributed by atoms with Gasteiger partial charge in [0.1, 0.15) is 12.1 Å². The van der Waals surface area contributed by atoms with E-state index in [0.29, 0.717) is 0 Å². The van der Waals surface area contributed by atoms with Gasteiger partial charge in [-0.15, -0.1) is 0 Å². The minimum atomic E-state index is 0.0562. The van der Waals surface area contributed by atoms with Crippen LogP contribution in [0.1, 0.15) is 5.56 Å². The Morgan fingerprint density at radius 2 is 1.65 bits per heavy atom. The van der Waals surface area contributed by atoms with Gasteiger partial charge in [-0.2, -0.15) is 0 Å². The predicted octanol–water partition coefficient (Wildman–Crippen LogP) is 3.24. The summed E-state index contributed by atoms with van der Waals surface area (Å²) in [4.78, 5) is 28.4. The number of nitrogens with zero attached hydrogens (tertiary/aromatic N) is 5. The molecule has 6 nitrogen and oxygen atoms in total. The quantitative estimate of drug-likeness (QED) is 0.657. The Kier molecular flexibility index (Phi) is 5.28. The zero-order valence-corrected chi connectivity index (χ0v) is 17.8. The first-order chi connectivity index (χ1) is 15.2. The number of aromatic nitrogens is 2. The number of aryl methyl sites for hydroxylation is 1. The minimum Gasteiger partial charge on any atom is -0.368 e. The number of carbonyl (C=O) groups excluding carboxylic acids is 1. The van der Waals surface area contributed by atoms with Crippen molar-refractivity contribution in [2.24, 2.45) is 5.92 Å². The topological polar surface area (TPSA) is 52.6 Å². The maximum absolute atomic E-state index is 13.0. The molecule has 6 heteroatoms. The number of carbonyl (C=O) groups is 1. The van der Waals surface area contributed by atoms with Gasteiger partial charge >= 0.3 is 0 Å². The highest BCUT2D eigenvalue weighted by molar-refractivity contribution is 5.82. The van der Waals surface area contributed by atoms with Crippen LogP contribution in [-0.2, 0) is 4.79 Å². The van der Waals surface area contributed by atoms with E-state index >= 15 is 0 Å². The maximum Gasteiger partial charge on any atom is 0.229 e. The Labute approximate surface area is 183 Å². The molecule has 0 saturated carbocycles. The van der Waals surface area contributed by atoms with Gasteiger partial charge in [-0.05, 0) is 24.6 Å². The number of amides is 1. The lowest BCUT2D eigenvalue weighted by Crippen LogP contribution is -2.58. The molecule has 158 valence electrons. The summed E-state index contributed by atoms with van der Waals surface area (Å²) < 4.78 is 0. The molecule has 0 aliphatic carbocycles. The lowest BCUT2D eigenvalue weighted by Gasteiger charge is -2.43. The van der Waals surface area contributed by atoms with Crippen LogP contribution in [0.25, 0.3) is 11.3 Å². The average Bonchev–Trinajstić information content (AvgIpc) is 2.79. The van der Waals surface area contributed by atoms with Crippen molar-refractivity contribution in [2.75, 3.05) is 49.1 Å². The number of benzene rings is 2. The lowest BCUT2D eigenvalue weighted by atomic mass is 9.97. The molecular formula is C25H27N5O. The first-order valence-corrected chi connectivity index (χ1v) is 10.9. The van der Waals surface area contributed by atoms with Gasteiger partial charge in [0, 0.05) is 56.6 Å². The summed E-state index contributed by atoms with van der Waals surface area (Å²) in [5, 5.41) is 0. The molecule has 0 bridgehead atoms. The summed E-state index contributed by atoms with van der Waals surface area (Å²) in [6.07, 6.45) is 1.61. The van der Waals surface area contributed by atoms with E-state index in [1.54, 1.807) is 6.33 Å². The second kappa shape index (κ2) is 8.38. The summed E-state index contributed by atoms with van der Waals surface area (Å²) in [5.74, 6) is 1.22. The van der Waals surface area contributed by atoms with Crippen LogP contribution in [0.15, 0.2) is 67.0 Å². The van der Waals surface area contributed by atoms with E-state index in [0.717, 1.165) is 56.3 Å². The smallest absolute Gasteiger partial charge is 0.229 e. The van der Waals surface area contributed by atoms with Crippen LogP contribution in [0.2, 0.25) is 0 Å². The van der Waals surface area contributed by atoms with Crippen molar-refractivity contribution >= 4 is 17.4 Å². The van der Waals surface area contributed by atoms with Gasteiger partial charge in [-0.3, -0.25) is 4.79 Å². The van der Waals surface area contributed by atoms with Crippen molar-refractivity contribution < 1.29 is 4.79 Å². The number of hydrogen-bond acceptors (Lipinski definition) is 5. The molecule has 0 radical (unpaired) electrons. The maximum atomic E-state index is 13.0. The Bertz CT molecular complexity index is 1060. The van der Waals surface area contributed by atoms with Crippen LogP contribution < -0.4 is 9.80 Å². The number of piperazine rings is 1. The zero-order chi connectivity index (χ0) is 21.2. The van der Waals surface area contributed by atoms with Gasteiger partial charge in [0.05, 0.1) is 11.6 Å². The van der Waals surface area contributed by atoms with Gasteiger partial charge in [-0.1, -0.05) is 42.5 Å². The zero-order valence-electron chi connectivity index (χ0n) is 17.8. The van der Waals surface area contributed by atoms with Crippen molar-refractivity contribution in [3.8, 4) is 11.3 Å². The molecule has 2 aliphatic rings. The van der Waals surface area contributed by atoms with Gasteiger partial charge in [0.15, 0.2) is 0 Å². The van der Waals surface area contributed by atoms with Crippen LogP contribution in [0, 0.1) is 12.8 Å². The van der Waals surface area contributed by atoms with Gasteiger partial charge < -0.3 is 14.7 Å². The Morgan fingerprint density at radius 3 is 2.39 bits per heavy atom. The third-order valence-electron chi connectivity index (χ3n) is 6.24. The lowest BCUT2D eigenvalue weighted by molar-refractivity contribution is -0.136. The molecule has 2 fully saturated rings. The largest absolute Gasteiger partial charge is 0.368 e. The molecule has 0 unspecified atom stereocenters. The van der Waals surface area contributed by atoms with E-state index in [1.807, 2.05) is 41.3 Å². The summed E-state index contributed by atoms with van der Waals surface area (Å²) in [5.41, 5.74) is 4.50. The first kappa shape index (κ1) is 19.5. The van der Waals surface area contributed by atoms with Crippen molar-refractivity contribution in [2.45, 2.75) is 6.92 Å². The molecule has 0 atom stereocenters. The summed E-state index contributed by atoms with van der Waals surface area (Å²) in [6, 6.07) is 20.7. The summed E-state index contributed by atoms with van der Waals surface area (Å²) in [7, 11) is 0. The van der Waals surface area contributed by atoms with E-state index in [4.69, 9.17) is 0 Å². The minimum absolute atomic E-state index is 0.0562. The molecule has 3 heterocycles. The van der Waals surface area contributed by atoms with E-state index in [2.05, 4.69) is 51.0 Å². The third-order valence-corrected chi connectivity index (χ3v) is 6.24. The highest BCUT2D eigenvalue weighted by atomic mass is 16.2. The van der Waals surface area contributed by atoms with Crippen LogP contribution in [0.5, 0.6) is 0 Å². The van der Waals surface area contributed by atoms with Crippen LogP contribution >= 0.6 is 0 Å². The molecule has 1 amide bonds. The van der Waals surface area contributed by atoms with E-state index in [1.165, 1.54) is 11.3 Å². The SMILES string of the molecule is Cc1cccc(N2CCN(C(=O)C3CN(c4cc(-c5ccccc5)ncn4)C3)CC2)c1. The van der Waals surface area contributed by atoms with Crippen molar-refractivity contribution in [3.63, 3.8) is 0 Å². The highest BCUT2D eigenvalue weighted by Crippen LogP contribution is 2.27. The molecule has 1 aromatic heterocycles. The van der Waals surface area contributed by atoms with E-state index in [9.17, 15) is 4.79 Å². The number of rotatable bonds is 4. The van der Waals surface area contributed by atoms with Crippen molar-refractivity contribution in [1.29, 1.82) is 0 Å². The predicted molar refractivity (Wildman–Crippen MR) is 123 cm³/mol. The molecule has 5 rings (SSSR count). The second-order valence-electron chi connectivity index (χ2n) is 8.38. The number of hydrogen-bond donors (Lipinski definition) is 0. The van der Waals surface area contributed by atoms with E-state index in [-0.39, 0.29) is 11.8 Å². The highest BCUT2D eigenvalue weighted by Gasteiger charge is 2.37. The van der Waals surface area contributed by atoms with Crippen molar-refractivity contribution in [3.05, 3.63) is 72.6 Å². The molecule has 3 aromatic rings. The first-order valence-electron chi connectivity index (χ1n) is 10.9. The van der Waals surface area contributed by atoms with Crippen LogP contribution in [0.4, 0.5) is 11.5 Å². The fraction of sp³-hybridized carbons (Fsp3) is 0.320. The fourth-order valence-electron chi connectivity index (χ4n) is 4.38. The Hall–Kier alpha value is -3.41. The molecule has 31 heavy (non-hydrogen) atoms. The van der Waals surface area contributed by atoms with Crippen molar-refractivity contribution in [1.82, 2.24) is 14.9 Å². The molecule has 0 N–H and O–H groups in total.